The Morgan fingerprint density at radius 2 is 2.21 bits per heavy atom. The molecule has 1 rings (SSSR count). The average Bonchev–Trinajstić information content (AvgIpc) is 2.11. The molecule has 1 amide bonds. The summed E-state index contributed by atoms with van der Waals surface area (Å²) in [5, 5.41) is 0.209. The summed E-state index contributed by atoms with van der Waals surface area (Å²) in [6.45, 7) is 1.72. The number of carbonyl (C=O) groups excluding carboxylic acids is 1. The molecule has 0 bridgehead atoms. The zero-order valence-electron chi connectivity index (χ0n) is 7.66. The van der Waals surface area contributed by atoms with Crippen molar-refractivity contribution in [3.05, 3.63) is 23.2 Å². The Morgan fingerprint density at radius 3 is 2.71 bits per heavy atom. The van der Waals surface area contributed by atoms with Gasteiger partial charge in [0.25, 0.3) is 0 Å². The molecule has 14 heavy (non-hydrogen) atoms. The molecule has 1 unspecified atom stereocenters. The number of primary amides is 1. The molecule has 0 aliphatic heterocycles. The molecule has 0 radical (unpaired) electrons. The minimum atomic E-state index is -0.380. The fourth-order valence-corrected chi connectivity index (χ4v) is 2.05. The van der Waals surface area contributed by atoms with E-state index in [9.17, 15) is 4.79 Å². The molecular weight excluding hydrogens is 220 g/mol. The summed E-state index contributed by atoms with van der Waals surface area (Å²) in [6, 6.07) is 5.23. The van der Waals surface area contributed by atoms with Gasteiger partial charge in [0.15, 0.2) is 0 Å². The summed E-state index contributed by atoms with van der Waals surface area (Å²) in [7, 11) is 0. The van der Waals surface area contributed by atoms with E-state index in [1.807, 2.05) is 0 Å². The fraction of sp³-hybridized carbons (Fsp3) is 0.222. The lowest BCUT2D eigenvalue weighted by molar-refractivity contribution is -0.117. The molecule has 0 heterocycles. The van der Waals surface area contributed by atoms with Crippen molar-refractivity contribution < 1.29 is 4.79 Å². The van der Waals surface area contributed by atoms with Crippen LogP contribution in [0.15, 0.2) is 23.1 Å². The van der Waals surface area contributed by atoms with Crippen LogP contribution in [0.5, 0.6) is 0 Å². The quantitative estimate of drug-likeness (QED) is 0.616. The number of halogens is 1. The van der Waals surface area contributed by atoms with Crippen molar-refractivity contribution in [2.75, 3.05) is 5.73 Å². The number of hydrogen-bond donors (Lipinski definition) is 2. The third-order valence-electron chi connectivity index (χ3n) is 1.69. The van der Waals surface area contributed by atoms with Gasteiger partial charge in [0.05, 0.1) is 10.3 Å². The number of hydrogen-bond acceptors (Lipinski definition) is 3. The van der Waals surface area contributed by atoms with Gasteiger partial charge in [-0.15, -0.1) is 11.8 Å². The van der Waals surface area contributed by atoms with E-state index in [0.717, 1.165) is 0 Å². The number of rotatable bonds is 3. The first-order valence-corrected chi connectivity index (χ1v) is 5.28. The molecule has 0 aliphatic carbocycles. The number of anilines is 1. The lowest BCUT2D eigenvalue weighted by Crippen LogP contribution is -2.22. The second kappa shape index (κ2) is 4.57. The highest BCUT2D eigenvalue weighted by molar-refractivity contribution is 8.00. The van der Waals surface area contributed by atoms with Crippen molar-refractivity contribution in [2.45, 2.75) is 17.1 Å². The van der Waals surface area contributed by atoms with Crippen LogP contribution in [-0.2, 0) is 4.79 Å². The van der Waals surface area contributed by atoms with E-state index in [4.69, 9.17) is 23.1 Å². The van der Waals surface area contributed by atoms with Crippen molar-refractivity contribution in [1.29, 1.82) is 0 Å². The maximum Gasteiger partial charge on any atom is 0.230 e. The van der Waals surface area contributed by atoms with Crippen molar-refractivity contribution in [3.8, 4) is 0 Å². The van der Waals surface area contributed by atoms with E-state index in [1.54, 1.807) is 25.1 Å². The Kier molecular flexibility index (Phi) is 3.66. The minimum absolute atomic E-state index is 0.336. The molecule has 1 atom stereocenters. The number of amides is 1. The highest BCUT2D eigenvalue weighted by Gasteiger charge is 2.14. The van der Waals surface area contributed by atoms with Crippen LogP contribution in [0.1, 0.15) is 6.92 Å². The third kappa shape index (κ3) is 2.56. The molecule has 76 valence electrons. The van der Waals surface area contributed by atoms with Gasteiger partial charge in [-0.2, -0.15) is 0 Å². The average molecular weight is 231 g/mol. The first kappa shape index (κ1) is 11.2. The predicted molar refractivity (Wildman–Crippen MR) is 60.4 cm³/mol. The second-order valence-electron chi connectivity index (χ2n) is 2.82. The smallest absolute Gasteiger partial charge is 0.230 e. The van der Waals surface area contributed by atoms with Crippen LogP contribution in [-0.4, -0.2) is 11.2 Å². The molecule has 0 saturated carbocycles. The van der Waals surface area contributed by atoms with E-state index in [0.29, 0.717) is 15.6 Å². The Balaban J connectivity index is 2.91. The van der Waals surface area contributed by atoms with Gasteiger partial charge in [-0.05, 0) is 19.1 Å². The topological polar surface area (TPSA) is 69.1 Å². The standard InChI is InChI=1S/C9H11ClN2OS/c1-5(9(12)13)14-8-6(10)3-2-4-7(8)11/h2-5H,11H2,1H3,(H2,12,13). The molecule has 0 fully saturated rings. The lowest BCUT2D eigenvalue weighted by atomic mass is 10.3. The van der Waals surface area contributed by atoms with Crippen LogP contribution in [0.2, 0.25) is 5.02 Å². The number of benzene rings is 1. The Bertz CT molecular complexity index is 336. The molecule has 1 aromatic carbocycles. The molecule has 4 N–H and O–H groups in total. The van der Waals surface area contributed by atoms with Gasteiger partial charge in [0.1, 0.15) is 0 Å². The van der Waals surface area contributed by atoms with E-state index >= 15 is 0 Å². The normalized spacial score (nSPS) is 12.4. The predicted octanol–water partition coefficient (Wildman–Crippen LogP) is 1.89. The number of carbonyl (C=O) groups is 1. The van der Waals surface area contributed by atoms with Crippen LogP contribution in [0, 0.1) is 0 Å². The summed E-state index contributed by atoms with van der Waals surface area (Å²) >= 11 is 7.20. The molecule has 3 nitrogen and oxygen atoms in total. The Labute approximate surface area is 91.8 Å². The SMILES string of the molecule is CC(Sc1c(N)cccc1Cl)C(N)=O. The zero-order chi connectivity index (χ0) is 10.7. The largest absolute Gasteiger partial charge is 0.398 e. The Hall–Kier alpha value is -0.870. The summed E-state index contributed by atoms with van der Waals surface area (Å²) in [4.78, 5) is 11.6. The van der Waals surface area contributed by atoms with Gasteiger partial charge in [-0.3, -0.25) is 4.79 Å². The van der Waals surface area contributed by atoms with E-state index < -0.39 is 0 Å². The van der Waals surface area contributed by atoms with E-state index in [-0.39, 0.29) is 11.2 Å². The molecule has 0 aliphatic rings. The van der Waals surface area contributed by atoms with Crippen LogP contribution in [0.4, 0.5) is 5.69 Å². The number of nitrogen functional groups attached to an aromatic ring is 1. The minimum Gasteiger partial charge on any atom is -0.398 e. The highest BCUT2D eigenvalue weighted by atomic mass is 35.5. The molecular formula is C9H11ClN2OS. The Morgan fingerprint density at radius 1 is 1.57 bits per heavy atom. The van der Waals surface area contributed by atoms with Crippen molar-refractivity contribution >= 4 is 35.0 Å². The third-order valence-corrected chi connectivity index (χ3v) is 3.40. The number of nitrogens with two attached hydrogens (primary N) is 2. The summed E-state index contributed by atoms with van der Waals surface area (Å²) in [6.07, 6.45) is 0. The molecule has 1 aromatic rings. The van der Waals surface area contributed by atoms with Crippen LogP contribution in [0.25, 0.3) is 0 Å². The monoisotopic (exact) mass is 230 g/mol. The van der Waals surface area contributed by atoms with Crippen LogP contribution < -0.4 is 11.5 Å². The van der Waals surface area contributed by atoms with Gasteiger partial charge in [-0.1, -0.05) is 17.7 Å². The van der Waals surface area contributed by atoms with Gasteiger partial charge in [0, 0.05) is 10.6 Å². The lowest BCUT2D eigenvalue weighted by Gasteiger charge is -2.10. The van der Waals surface area contributed by atoms with Crippen LogP contribution in [0.3, 0.4) is 0 Å². The van der Waals surface area contributed by atoms with Crippen molar-refractivity contribution in [1.82, 2.24) is 0 Å². The summed E-state index contributed by atoms with van der Waals surface area (Å²) in [5.41, 5.74) is 11.4. The second-order valence-corrected chi connectivity index (χ2v) is 4.58. The van der Waals surface area contributed by atoms with Crippen LogP contribution >= 0.6 is 23.4 Å². The van der Waals surface area contributed by atoms with E-state index in [1.165, 1.54) is 11.8 Å². The highest BCUT2D eigenvalue weighted by Crippen LogP contribution is 2.34. The maximum absolute atomic E-state index is 10.8. The molecule has 0 saturated heterocycles. The summed E-state index contributed by atoms with van der Waals surface area (Å²) < 4.78 is 0. The van der Waals surface area contributed by atoms with Crippen molar-refractivity contribution in [2.24, 2.45) is 5.73 Å². The zero-order valence-corrected chi connectivity index (χ0v) is 9.23. The van der Waals surface area contributed by atoms with E-state index in [2.05, 4.69) is 0 Å². The molecule has 0 aromatic heterocycles. The fourth-order valence-electron chi connectivity index (χ4n) is 0.885. The van der Waals surface area contributed by atoms with Gasteiger partial charge in [-0.25, -0.2) is 0 Å². The number of thioether (sulfide) groups is 1. The molecule has 5 heteroatoms. The first-order valence-electron chi connectivity index (χ1n) is 4.02. The maximum atomic E-state index is 10.8. The summed E-state index contributed by atoms with van der Waals surface area (Å²) in [5.74, 6) is -0.380. The van der Waals surface area contributed by atoms with Gasteiger partial charge in [0.2, 0.25) is 5.91 Å². The van der Waals surface area contributed by atoms with Gasteiger partial charge >= 0.3 is 0 Å². The van der Waals surface area contributed by atoms with Crippen molar-refractivity contribution in [3.63, 3.8) is 0 Å². The first-order chi connectivity index (χ1) is 6.52. The van der Waals surface area contributed by atoms with Gasteiger partial charge < -0.3 is 11.5 Å². The molecule has 0 spiro atoms.